The molecule has 1 fully saturated rings. The largest absolute Gasteiger partial charge is 0.446 e. The maximum Gasteiger partial charge on any atom is 0.349 e. The predicted octanol–water partition coefficient (Wildman–Crippen LogP) is 4.85. The number of nitrogens with zero attached hydrogens (tertiary/aromatic N) is 2. The van der Waals surface area contributed by atoms with E-state index in [1.54, 1.807) is 0 Å². The fourth-order valence-electron chi connectivity index (χ4n) is 3.29. The first-order valence-electron chi connectivity index (χ1n) is 10.1. The van der Waals surface area contributed by atoms with Gasteiger partial charge in [0.1, 0.15) is 17.4 Å². The highest BCUT2D eigenvalue weighted by Crippen LogP contribution is 2.27. The molecule has 0 spiro atoms. The molecule has 0 amide bonds. The fourth-order valence-corrected chi connectivity index (χ4v) is 4.20. The first-order valence-corrected chi connectivity index (χ1v) is 10.9. The van der Waals surface area contributed by atoms with Crippen LogP contribution in [0.2, 0.25) is 0 Å². The lowest BCUT2D eigenvalue weighted by atomic mass is 10.1. The molecule has 1 aromatic heterocycles. The number of aryl methyl sites for hydroxylation is 1. The van der Waals surface area contributed by atoms with Gasteiger partial charge in [-0.1, -0.05) is 26.3 Å². The Morgan fingerprint density at radius 3 is 2.70 bits per heavy atom. The molecule has 1 saturated heterocycles. The lowest BCUT2D eigenvalue weighted by Gasteiger charge is -2.30. The molecule has 150 valence electrons. The molecule has 5 nitrogen and oxygen atoms in total. The van der Waals surface area contributed by atoms with E-state index in [0.717, 1.165) is 60.7 Å². The van der Waals surface area contributed by atoms with Gasteiger partial charge in [0.05, 0.1) is 0 Å². The zero-order valence-corrected chi connectivity index (χ0v) is 17.7. The van der Waals surface area contributed by atoms with Gasteiger partial charge in [-0.05, 0) is 51.5 Å². The van der Waals surface area contributed by atoms with E-state index in [1.807, 2.05) is 13.0 Å². The molecule has 2 heterocycles. The number of carbonyl (C=O) groups is 1. The number of likely N-dealkylation sites (tertiary alicyclic amines) is 1. The van der Waals surface area contributed by atoms with Crippen LogP contribution >= 0.6 is 11.3 Å². The van der Waals surface area contributed by atoms with Crippen LogP contribution in [0.4, 0.5) is 0 Å². The van der Waals surface area contributed by atoms with Gasteiger partial charge in [-0.25, -0.2) is 9.79 Å². The van der Waals surface area contributed by atoms with Crippen molar-refractivity contribution in [3.63, 3.8) is 0 Å². The Morgan fingerprint density at radius 1 is 1.33 bits per heavy atom. The molecule has 2 rings (SSSR count). The van der Waals surface area contributed by atoms with Crippen molar-refractivity contribution in [1.82, 2.24) is 4.90 Å². The second-order valence-corrected chi connectivity index (χ2v) is 8.13. The molecule has 1 aromatic rings. The molecule has 0 aromatic carbocycles. The number of allylic oxidation sites excluding steroid dienone is 2. The number of nitrogens with two attached hydrogens (primary N) is 1. The van der Waals surface area contributed by atoms with E-state index in [0.29, 0.717) is 4.88 Å². The summed E-state index contributed by atoms with van der Waals surface area (Å²) in [6.07, 6.45) is 10.1. The summed E-state index contributed by atoms with van der Waals surface area (Å²) in [4.78, 5) is 21.3. The number of rotatable bonds is 8. The minimum absolute atomic E-state index is 0.0986. The number of hydrogen-bond donors (Lipinski definition) is 1. The van der Waals surface area contributed by atoms with Crippen molar-refractivity contribution < 1.29 is 9.53 Å². The molecule has 2 N–H and O–H groups in total. The SMILES string of the molecule is CC/C=C(\CCCC)N=C(c1cc(C(=O)OCN)sc1C)N1CCCCC1. The average molecular weight is 392 g/mol. The molecule has 0 atom stereocenters. The Labute approximate surface area is 167 Å². The quantitative estimate of drug-likeness (QED) is 0.298. The number of unbranched alkanes of at least 4 members (excludes halogenated alkanes) is 1. The van der Waals surface area contributed by atoms with Crippen molar-refractivity contribution in [2.75, 3.05) is 19.8 Å². The molecule has 0 saturated carbocycles. The number of ether oxygens (including phenoxy) is 1. The Balaban J connectivity index is 2.41. The number of thiophene rings is 1. The minimum atomic E-state index is -0.356. The number of hydrogen-bond acceptors (Lipinski definition) is 5. The second kappa shape index (κ2) is 11.2. The van der Waals surface area contributed by atoms with Crippen molar-refractivity contribution in [2.45, 2.75) is 65.7 Å². The van der Waals surface area contributed by atoms with E-state index in [2.05, 4.69) is 24.8 Å². The lowest BCUT2D eigenvalue weighted by Crippen LogP contribution is -2.36. The van der Waals surface area contributed by atoms with Crippen LogP contribution in [-0.4, -0.2) is 36.5 Å². The van der Waals surface area contributed by atoms with E-state index in [9.17, 15) is 4.79 Å². The summed E-state index contributed by atoms with van der Waals surface area (Å²) in [5.74, 6) is 0.649. The third kappa shape index (κ3) is 6.18. The normalized spacial score (nSPS) is 15.9. The van der Waals surface area contributed by atoms with Gasteiger partial charge in [0.15, 0.2) is 0 Å². The standard InChI is InChI=1S/C21H33N3O2S/c1-4-6-11-17(10-5-2)23-20(24-12-8-7-9-13-24)18-14-19(27-16(18)3)21(25)26-15-22/h10,14H,4-9,11-13,15,22H2,1-3H3/b17-10+,23-20?. The maximum atomic E-state index is 12.1. The summed E-state index contributed by atoms with van der Waals surface area (Å²) in [6.45, 7) is 8.34. The Hall–Kier alpha value is -1.66. The van der Waals surface area contributed by atoms with Crippen LogP contribution < -0.4 is 5.73 Å². The predicted molar refractivity (Wildman–Crippen MR) is 113 cm³/mol. The molecule has 0 radical (unpaired) electrons. The number of carbonyl (C=O) groups excluding carboxylic acids is 1. The maximum absolute atomic E-state index is 12.1. The van der Waals surface area contributed by atoms with Gasteiger partial charge in [0.25, 0.3) is 0 Å². The molecule has 27 heavy (non-hydrogen) atoms. The van der Waals surface area contributed by atoms with Crippen LogP contribution in [0.3, 0.4) is 0 Å². The molecule has 1 aliphatic heterocycles. The molecule has 0 bridgehead atoms. The van der Waals surface area contributed by atoms with Crippen molar-refractivity contribution in [3.8, 4) is 0 Å². The van der Waals surface area contributed by atoms with Gasteiger partial charge in [0.2, 0.25) is 0 Å². The number of amidine groups is 1. The summed E-state index contributed by atoms with van der Waals surface area (Å²) in [6, 6.07) is 1.93. The molecular formula is C21H33N3O2S. The zero-order valence-electron chi connectivity index (χ0n) is 16.9. The van der Waals surface area contributed by atoms with E-state index < -0.39 is 0 Å². The third-order valence-electron chi connectivity index (χ3n) is 4.71. The van der Waals surface area contributed by atoms with Crippen molar-refractivity contribution >= 4 is 23.1 Å². The highest BCUT2D eigenvalue weighted by atomic mass is 32.1. The van der Waals surface area contributed by atoms with Crippen LogP contribution in [-0.2, 0) is 4.74 Å². The fraction of sp³-hybridized carbons (Fsp3) is 0.619. The second-order valence-electron chi connectivity index (χ2n) is 6.87. The smallest absolute Gasteiger partial charge is 0.349 e. The van der Waals surface area contributed by atoms with Crippen LogP contribution in [0.5, 0.6) is 0 Å². The first kappa shape index (κ1) is 21.6. The highest BCUT2D eigenvalue weighted by Gasteiger charge is 2.22. The van der Waals surface area contributed by atoms with E-state index >= 15 is 0 Å². The van der Waals surface area contributed by atoms with E-state index in [-0.39, 0.29) is 12.7 Å². The van der Waals surface area contributed by atoms with E-state index in [1.165, 1.54) is 30.6 Å². The van der Waals surface area contributed by atoms with Crippen LogP contribution in [0.15, 0.2) is 22.8 Å². The monoisotopic (exact) mass is 391 g/mol. The van der Waals surface area contributed by atoms with Gasteiger partial charge >= 0.3 is 5.97 Å². The molecule has 6 heteroatoms. The summed E-state index contributed by atoms with van der Waals surface area (Å²) < 4.78 is 4.98. The van der Waals surface area contributed by atoms with Crippen LogP contribution in [0.25, 0.3) is 0 Å². The zero-order chi connectivity index (χ0) is 19.6. The third-order valence-corrected chi connectivity index (χ3v) is 5.74. The summed E-state index contributed by atoms with van der Waals surface area (Å²) >= 11 is 1.46. The number of esters is 1. The summed E-state index contributed by atoms with van der Waals surface area (Å²) in [7, 11) is 0. The Bertz CT molecular complexity index is 673. The Morgan fingerprint density at radius 2 is 2.07 bits per heavy atom. The number of aliphatic imine (C=N–C) groups is 1. The van der Waals surface area contributed by atoms with Crippen LogP contribution in [0, 0.1) is 6.92 Å². The van der Waals surface area contributed by atoms with Gasteiger partial charge in [-0.15, -0.1) is 11.3 Å². The van der Waals surface area contributed by atoms with Gasteiger partial charge < -0.3 is 9.64 Å². The Kier molecular flexibility index (Phi) is 9.01. The molecular weight excluding hydrogens is 358 g/mol. The van der Waals surface area contributed by atoms with E-state index in [4.69, 9.17) is 15.5 Å². The van der Waals surface area contributed by atoms with Crippen LogP contribution in [0.1, 0.15) is 78.9 Å². The van der Waals surface area contributed by atoms with Gasteiger partial charge in [-0.3, -0.25) is 5.73 Å². The molecule has 0 aliphatic carbocycles. The number of piperidine rings is 1. The summed E-state index contributed by atoms with van der Waals surface area (Å²) in [5, 5.41) is 0. The minimum Gasteiger partial charge on any atom is -0.446 e. The van der Waals surface area contributed by atoms with Crippen molar-refractivity contribution in [3.05, 3.63) is 33.2 Å². The topological polar surface area (TPSA) is 67.9 Å². The van der Waals surface area contributed by atoms with Crippen molar-refractivity contribution in [2.24, 2.45) is 10.7 Å². The van der Waals surface area contributed by atoms with Crippen molar-refractivity contribution in [1.29, 1.82) is 0 Å². The average Bonchev–Trinajstić information content (AvgIpc) is 3.06. The molecule has 0 unspecified atom stereocenters. The lowest BCUT2D eigenvalue weighted by molar-refractivity contribution is 0.0521. The van der Waals surface area contributed by atoms with Gasteiger partial charge in [-0.2, -0.15) is 0 Å². The summed E-state index contributed by atoms with van der Waals surface area (Å²) in [5.41, 5.74) is 7.55. The highest BCUT2D eigenvalue weighted by molar-refractivity contribution is 7.14. The first-order chi connectivity index (χ1) is 13.1. The molecule has 1 aliphatic rings. The van der Waals surface area contributed by atoms with Gasteiger partial charge in [0, 0.05) is 29.2 Å².